The molecule has 1 aliphatic heterocycles. The number of carbonyl (C=O) groups is 2. The van der Waals surface area contributed by atoms with Gasteiger partial charge in [0, 0.05) is 13.1 Å². The van der Waals surface area contributed by atoms with Gasteiger partial charge in [-0.25, -0.2) is 0 Å². The molecule has 0 saturated carbocycles. The number of hydrogen-bond acceptors (Lipinski definition) is 4. The van der Waals surface area contributed by atoms with Crippen molar-refractivity contribution >= 4 is 36.6 Å². The maximum Gasteiger partial charge on any atom is 0.239 e. The molecule has 2 amide bonds. The number of nitrogens with two attached hydrogens (primary N) is 1. The number of carbonyl (C=O) groups excluding carboxylic acids is 2. The van der Waals surface area contributed by atoms with Crippen molar-refractivity contribution in [1.82, 2.24) is 15.5 Å². The average molecular weight is 447 g/mol. The lowest BCUT2D eigenvalue weighted by atomic mass is 9.98. The molecule has 166 valence electrons. The minimum Gasteiger partial charge on any atom is -0.350 e. The number of hydrogen-bond donors (Lipinski definition) is 3. The van der Waals surface area contributed by atoms with E-state index in [9.17, 15) is 9.59 Å². The van der Waals surface area contributed by atoms with Crippen molar-refractivity contribution < 1.29 is 9.59 Å². The van der Waals surface area contributed by atoms with Crippen LogP contribution in [-0.2, 0) is 22.7 Å². The normalized spacial score (nSPS) is 15.8. The second-order valence-corrected chi connectivity index (χ2v) is 8.04. The molecule has 1 atom stereocenters. The molecular formula is C21H36Cl2N4O2. The largest absolute Gasteiger partial charge is 0.350 e. The zero-order valence-corrected chi connectivity index (χ0v) is 19.3. The summed E-state index contributed by atoms with van der Waals surface area (Å²) in [5, 5.41) is 5.44. The summed E-state index contributed by atoms with van der Waals surface area (Å²) in [5.41, 5.74) is 8.10. The molecular weight excluding hydrogens is 411 g/mol. The summed E-state index contributed by atoms with van der Waals surface area (Å²) in [7, 11) is 0. The van der Waals surface area contributed by atoms with Gasteiger partial charge in [-0.1, -0.05) is 45.0 Å². The summed E-state index contributed by atoms with van der Waals surface area (Å²) < 4.78 is 0. The summed E-state index contributed by atoms with van der Waals surface area (Å²) in [6.45, 7) is 9.74. The van der Waals surface area contributed by atoms with E-state index in [4.69, 9.17) is 5.73 Å². The van der Waals surface area contributed by atoms with E-state index in [-0.39, 0.29) is 49.1 Å². The third kappa shape index (κ3) is 9.81. The SMILES string of the molecule is CC1CCN(Cc2cccc(CNC(=O)CNC(=O)[C@@H](N)C(C)C)c2)CC1.Cl.Cl. The van der Waals surface area contributed by atoms with E-state index < -0.39 is 6.04 Å². The van der Waals surface area contributed by atoms with E-state index in [2.05, 4.69) is 34.6 Å². The second-order valence-electron chi connectivity index (χ2n) is 8.04. The first-order valence-corrected chi connectivity index (χ1v) is 9.95. The smallest absolute Gasteiger partial charge is 0.239 e. The monoisotopic (exact) mass is 446 g/mol. The molecule has 0 aromatic heterocycles. The fourth-order valence-corrected chi connectivity index (χ4v) is 3.17. The molecule has 0 bridgehead atoms. The molecule has 8 heteroatoms. The minimum atomic E-state index is -0.591. The van der Waals surface area contributed by atoms with Gasteiger partial charge in [0.2, 0.25) is 11.8 Å². The highest BCUT2D eigenvalue weighted by Crippen LogP contribution is 2.18. The third-order valence-corrected chi connectivity index (χ3v) is 5.21. The fraction of sp³-hybridized carbons (Fsp3) is 0.619. The van der Waals surface area contributed by atoms with E-state index in [1.165, 1.54) is 18.4 Å². The highest BCUT2D eigenvalue weighted by molar-refractivity contribution is 5.87. The molecule has 0 unspecified atom stereocenters. The van der Waals surface area contributed by atoms with Crippen molar-refractivity contribution in [2.45, 2.75) is 52.7 Å². The standard InChI is InChI=1S/C21H34N4O2.2ClH/c1-15(2)20(22)21(27)24-13-19(26)23-12-17-5-4-6-18(11-17)14-25-9-7-16(3)8-10-25;;/h4-6,11,15-16,20H,7-10,12-14,22H2,1-3H3,(H,23,26)(H,24,27);2*1H/t20-;;/m0../s1. The van der Waals surface area contributed by atoms with Crippen molar-refractivity contribution in [3.8, 4) is 0 Å². The number of piperidine rings is 1. The van der Waals surface area contributed by atoms with Gasteiger partial charge >= 0.3 is 0 Å². The van der Waals surface area contributed by atoms with E-state index >= 15 is 0 Å². The van der Waals surface area contributed by atoms with Crippen LogP contribution >= 0.6 is 24.8 Å². The van der Waals surface area contributed by atoms with Gasteiger partial charge in [-0.3, -0.25) is 14.5 Å². The number of nitrogens with one attached hydrogen (secondary N) is 2. The molecule has 4 N–H and O–H groups in total. The van der Waals surface area contributed by atoms with Gasteiger partial charge < -0.3 is 16.4 Å². The predicted octanol–water partition coefficient (Wildman–Crippen LogP) is 2.48. The Hall–Kier alpha value is -1.34. The Morgan fingerprint density at radius 2 is 1.76 bits per heavy atom. The van der Waals surface area contributed by atoms with Crippen molar-refractivity contribution in [2.24, 2.45) is 17.6 Å². The zero-order valence-electron chi connectivity index (χ0n) is 17.6. The lowest BCUT2D eigenvalue weighted by Crippen LogP contribution is -2.47. The number of rotatable bonds is 8. The topological polar surface area (TPSA) is 87.5 Å². The van der Waals surface area contributed by atoms with Crippen LogP contribution in [0.25, 0.3) is 0 Å². The Bertz CT molecular complexity index is 635. The van der Waals surface area contributed by atoms with Crippen molar-refractivity contribution in [1.29, 1.82) is 0 Å². The van der Waals surface area contributed by atoms with Crippen molar-refractivity contribution in [2.75, 3.05) is 19.6 Å². The van der Waals surface area contributed by atoms with Gasteiger partial charge in [-0.2, -0.15) is 0 Å². The number of amides is 2. The van der Waals surface area contributed by atoms with Gasteiger partial charge in [-0.15, -0.1) is 24.8 Å². The number of likely N-dealkylation sites (tertiary alicyclic amines) is 1. The fourth-order valence-electron chi connectivity index (χ4n) is 3.17. The van der Waals surface area contributed by atoms with E-state index in [0.717, 1.165) is 31.1 Å². The molecule has 0 spiro atoms. The lowest BCUT2D eigenvalue weighted by molar-refractivity contribution is -0.127. The highest BCUT2D eigenvalue weighted by atomic mass is 35.5. The molecule has 0 radical (unpaired) electrons. The Morgan fingerprint density at radius 3 is 2.38 bits per heavy atom. The Kier molecular flexibility index (Phi) is 13.2. The van der Waals surface area contributed by atoms with Crippen LogP contribution in [-0.4, -0.2) is 42.4 Å². The van der Waals surface area contributed by atoms with Crippen LogP contribution in [0, 0.1) is 11.8 Å². The predicted molar refractivity (Wildman–Crippen MR) is 122 cm³/mol. The summed E-state index contributed by atoms with van der Waals surface area (Å²) in [6, 6.07) is 7.73. The first kappa shape index (κ1) is 27.7. The molecule has 1 saturated heterocycles. The van der Waals surface area contributed by atoms with Gasteiger partial charge in [0.15, 0.2) is 0 Å². The highest BCUT2D eigenvalue weighted by Gasteiger charge is 2.18. The Morgan fingerprint density at radius 1 is 1.14 bits per heavy atom. The molecule has 0 aliphatic carbocycles. The van der Waals surface area contributed by atoms with E-state index in [0.29, 0.717) is 6.54 Å². The first-order chi connectivity index (χ1) is 12.8. The van der Waals surface area contributed by atoms with Crippen LogP contribution in [0.1, 0.15) is 44.7 Å². The van der Waals surface area contributed by atoms with Crippen LogP contribution in [0.15, 0.2) is 24.3 Å². The van der Waals surface area contributed by atoms with Crippen molar-refractivity contribution in [3.63, 3.8) is 0 Å². The Balaban J connectivity index is 0.00000392. The Labute approximate surface area is 187 Å². The van der Waals surface area contributed by atoms with Gasteiger partial charge in [0.1, 0.15) is 0 Å². The number of nitrogens with zero attached hydrogens (tertiary/aromatic N) is 1. The van der Waals surface area contributed by atoms with Gasteiger partial charge in [0.25, 0.3) is 0 Å². The molecule has 1 aromatic carbocycles. The summed E-state index contributed by atoms with van der Waals surface area (Å²) in [4.78, 5) is 26.3. The second kappa shape index (κ2) is 13.8. The van der Waals surface area contributed by atoms with Crippen LogP contribution in [0.2, 0.25) is 0 Å². The van der Waals surface area contributed by atoms with Gasteiger partial charge in [0.05, 0.1) is 12.6 Å². The lowest BCUT2D eigenvalue weighted by Gasteiger charge is -2.30. The van der Waals surface area contributed by atoms with Crippen LogP contribution < -0.4 is 16.4 Å². The molecule has 1 aliphatic rings. The van der Waals surface area contributed by atoms with Crippen LogP contribution in [0.3, 0.4) is 0 Å². The summed E-state index contributed by atoms with van der Waals surface area (Å²) in [5.74, 6) is 0.366. The van der Waals surface area contributed by atoms with Crippen molar-refractivity contribution in [3.05, 3.63) is 35.4 Å². The summed E-state index contributed by atoms with van der Waals surface area (Å²) >= 11 is 0. The molecule has 2 rings (SSSR count). The molecule has 6 nitrogen and oxygen atoms in total. The quantitative estimate of drug-likeness (QED) is 0.572. The maximum atomic E-state index is 12.0. The summed E-state index contributed by atoms with van der Waals surface area (Å²) in [6.07, 6.45) is 2.53. The molecule has 1 fully saturated rings. The van der Waals surface area contributed by atoms with Crippen LogP contribution in [0.4, 0.5) is 0 Å². The molecule has 29 heavy (non-hydrogen) atoms. The number of halogens is 2. The van der Waals surface area contributed by atoms with Gasteiger partial charge in [-0.05, 0) is 48.9 Å². The van der Waals surface area contributed by atoms with E-state index in [1.54, 1.807) is 0 Å². The van der Waals surface area contributed by atoms with Crippen LogP contribution in [0.5, 0.6) is 0 Å². The maximum absolute atomic E-state index is 12.0. The number of benzene rings is 1. The first-order valence-electron chi connectivity index (χ1n) is 9.95. The molecule has 1 aromatic rings. The average Bonchev–Trinajstić information content (AvgIpc) is 2.66. The van der Waals surface area contributed by atoms with E-state index in [1.807, 2.05) is 26.0 Å². The minimum absolute atomic E-state index is 0. The molecule has 1 heterocycles. The zero-order chi connectivity index (χ0) is 19.8. The third-order valence-electron chi connectivity index (χ3n) is 5.21.